The maximum Gasteiger partial charge on any atom is 0.181 e. The number of fused-ring (bicyclic) bond motifs is 1. The van der Waals surface area contributed by atoms with E-state index >= 15 is 0 Å². The lowest BCUT2D eigenvalue weighted by atomic mass is 9.86. The smallest absolute Gasteiger partial charge is 0.181 e. The zero-order valence-electron chi connectivity index (χ0n) is 14.6. The summed E-state index contributed by atoms with van der Waals surface area (Å²) >= 11 is 0. The van der Waals surface area contributed by atoms with E-state index in [9.17, 15) is 25.2 Å². The Morgan fingerprint density at radius 1 is 1.19 bits per heavy atom. The summed E-state index contributed by atoms with van der Waals surface area (Å²) in [6.45, 7) is 1.47. The van der Waals surface area contributed by atoms with Crippen LogP contribution in [0.25, 0.3) is 0 Å². The number of allylic oxidation sites excluding steroid dienone is 1. The SMILES string of the molecule is CC(=CCc1c(O)cc2c(c1O)C(=O)[C@H](c1ccc(O)cc1O)CO2)CO. The van der Waals surface area contributed by atoms with Crippen molar-refractivity contribution in [3.8, 4) is 28.7 Å². The zero-order chi connectivity index (χ0) is 19.7. The third kappa shape index (κ3) is 3.41. The summed E-state index contributed by atoms with van der Waals surface area (Å²) in [7, 11) is 0. The van der Waals surface area contributed by atoms with Gasteiger partial charge in [0.25, 0.3) is 0 Å². The molecule has 7 heteroatoms. The first-order chi connectivity index (χ1) is 12.8. The number of ketones is 1. The summed E-state index contributed by atoms with van der Waals surface area (Å²) in [6.07, 6.45) is 1.76. The number of Topliss-reactive ketones (excluding diaryl/α,β-unsaturated/α-hetero) is 1. The number of ether oxygens (including phenoxy) is 1. The molecule has 0 spiro atoms. The number of phenols is 4. The average Bonchev–Trinajstić information content (AvgIpc) is 2.62. The monoisotopic (exact) mass is 372 g/mol. The quantitative estimate of drug-likeness (QED) is 0.521. The van der Waals surface area contributed by atoms with Crippen molar-refractivity contribution < 1.29 is 35.1 Å². The molecule has 1 aliphatic heterocycles. The molecule has 5 N–H and O–H groups in total. The van der Waals surface area contributed by atoms with E-state index in [1.807, 2.05) is 0 Å². The summed E-state index contributed by atoms with van der Waals surface area (Å²) in [6, 6.07) is 5.18. The lowest BCUT2D eigenvalue weighted by molar-refractivity contribution is 0.0889. The van der Waals surface area contributed by atoms with Gasteiger partial charge < -0.3 is 30.3 Å². The van der Waals surface area contributed by atoms with Crippen LogP contribution in [0.4, 0.5) is 0 Å². The number of aromatic hydroxyl groups is 4. The molecular weight excluding hydrogens is 352 g/mol. The van der Waals surface area contributed by atoms with Gasteiger partial charge in [0.15, 0.2) is 5.78 Å². The molecule has 0 radical (unpaired) electrons. The highest BCUT2D eigenvalue weighted by Crippen LogP contribution is 2.45. The lowest BCUT2D eigenvalue weighted by Crippen LogP contribution is -2.26. The Labute approximate surface area is 155 Å². The molecule has 1 heterocycles. The van der Waals surface area contributed by atoms with Crippen LogP contribution in [-0.2, 0) is 6.42 Å². The molecule has 2 aromatic rings. The fraction of sp³-hybridized carbons (Fsp3) is 0.250. The van der Waals surface area contributed by atoms with Crippen LogP contribution in [0.5, 0.6) is 28.7 Å². The standard InChI is InChI=1S/C20H20O7/c1-10(8-21)2-4-13-16(24)7-17-18(19(13)25)20(26)14(9-27-17)12-5-3-11(22)6-15(12)23/h2-3,5-7,14,21-25H,4,8-9H2,1H3/t14-/m0/s1. The largest absolute Gasteiger partial charge is 0.508 e. The molecule has 0 fully saturated rings. The van der Waals surface area contributed by atoms with E-state index in [0.29, 0.717) is 5.57 Å². The van der Waals surface area contributed by atoms with E-state index in [4.69, 9.17) is 9.84 Å². The molecule has 0 aliphatic carbocycles. The predicted octanol–water partition coefficient (Wildman–Crippen LogP) is 2.35. The van der Waals surface area contributed by atoms with Gasteiger partial charge in [-0.25, -0.2) is 0 Å². The van der Waals surface area contributed by atoms with Gasteiger partial charge >= 0.3 is 0 Å². The number of carbonyl (C=O) groups excluding carboxylic acids is 1. The van der Waals surface area contributed by atoms with Crippen molar-refractivity contribution in [2.24, 2.45) is 0 Å². The van der Waals surface area contributed by atoms with Crippen molar-refractivity contribution in [3.63, 3.8) is 0 Å². The van der Waals surface area contributed by atoms with Crippen LogP contribution < -0.4 is 4.74 Å². The molecule has 0 saturated heterocycles. The van der Waals surface area contributed by atoms with Crippen LogP contribution in [0, 0.1) is 0 Å². The van der Waals surface area contributed by atoms with Crippen LogP contribution in [-0.4, -0.2) is 44.5 Å². The Morgan fingerprint density at radius 2 is 1.93 bits per heavy atom. The van der Waals surface area contributed by atoms with E-state index < -0.39 is 11.7 Å². The molecule has 1 aliphatic rings. The molecular formula is C20H20O7. The van der Waals surface area contributed by atoms with Crippen LogP contribution in [0.3, 0.4) is 0 Å². The van der Waals surface area contributed by atoms with Crippen LogP contribution in [0.1, 0.15) is 34.3 Å². The first kappa shape index (κ1) is 18.6. The van der Waals surface area contributed by atoms with E-state index in [2.05, 4.69) is 0 Å². The molecule has 0 unspecified atom stereocenters. The molecule has 142 valence electrons. The molecule has 0 saturated carbocycles. The number of aliphatic hydroxyl groups is 1. The van der Waals surface area contributed by atoms with Crippen LogP contribution in [0.15, 0.2) is 35.9 Å². The summed E-state index contributed by atoms with van der Waals surface area (Å²) in [4.78, 5) is 13.0. The number of carbonyl (C=O) groups is 1. The molecule has 1 atom stereocenters. The number of hydrogen-bond donors (Lipinski definition) is 5. The summed E-state index contributed by atoms with van der Waals surface area (Å²) in [5.41, 5.74) is 1.00. The topological polar surface area (TPSA) is 127 Å². The van der Waals surface area contributed by atoms with Gasteiger partial charge in [0.2, 0.25) is 0 Å². The first-order valence-corrected chi connectivity index (χ1v) is 8.36. The molecule has 0 bridgehead atoms. The second-order valence-electron chi connectivity index (χ2n) is 6.48. The van der Waals surface area contributed by atoms with Crippen molar-refractivity contribution in [2.45, 2.75) is 19.3 Å². The minimum atomic E-state index is -0.865. The molecule has 3 rings (SSSR count). The van der Waals surface area contributed by atoms with Gasteiger partial charge in [-0.2, -0.15) is 0 Å². The molecule has 0 aromatic heterocycles. The Balaban J connectivity index is 2.03. The van der Waals surface area contributed by atoms with Gasteiger partial charge in [-0.05, 0) is 19.4 Å². The zero-order valence-corrected chi connectivity index (χ0v) is 14.6. The van der Waals surface area contributed by atoms with Crippen molar-refractivity contribution >= 4 is 5.78 Å². The first-order valence-electron chi connectivity index (χ1n) is 8.36. The van der Waals surface area contributed by atoms with E-state index in [0.717, 1.165) is 6.07 Å². The highest BCUT2D eigenvalue weighted by Gasteiger charge is 2.35. The van der Waals surface area contributed by atoms with Crippen LogP contribution in [0.2, 0.25) is 0 Å². The van der Waals surface area contributed by atoms with Gasteiger partial charge in [0.05, 0.1) is 12.5 Å². The minimum absolute atomic E-state index is 0.0659. The van der Waals surface area contributed by atoms with Gasteiger partial charge in [-0.3, -0.25) is 4.79 Å². The second kappa shape index (κ2) is 7.20. The summed E-state index contributed by atoms with van der Waals surface area (Å²) in [5, 5.41) is 49.3. The number of aliphatic hydroxyl groups excluding tert-OH is 1. The van der Waals surface area contributed by atoms with E-state index in [1.165, 1.54) is 18.2 Å². The Hall–Kier alpha value is -3.19. The van der Waals surface area contributed by atoms with Gasteiger partial charge in [-0.1, -0.05) is 17.7 Å². The second-order valence-corrected chi connectivity index (χ2v) is 6.48. The number of rotatable bonds is 4. The predicted molar refractivity (Wildman–Crippen MR) is 96.7 cm³/mol. The van der Waals surface area contributed by atoms with Gasteiger partial charge in [0, 0.05) is 23.3 Å². The third-order valence-electron chi connectivity index (χ3n) is 4.61. The maximum absolute atomic E-state index is 13.0. The maximum atomic E-state index is 13.0. The Morgan fingerprint density at radius 3 is 2.59 bits per heavy atom. The van der Waals surface area contributed by atoms with E-state index in [1.54, 1.807) is 13.0 Å². The van der Waals surface area contributed by atoms with Crippen molar-refractivity contribution in [1.29, 1.82) is 0 Å². The summed E-state index contributed by atoms with van der Waals surface area (Å²) < 4.78 is 5.54. The highest BCUT2D eigenvalue weighted by atomic mass is 16.5. The fourth-order valence-corrected chi connectivity index (χ4v) is 3.05. The fourth-order valence-electron chi connectivity index (χ4n) is 3.05. The number of hydrogen-bond acceptors (Lipinski definition) is 7. The van der Waals surface area contributed by atoms with Crippen molar-refractivity contribution in [1.82, 2.24) is 0 Å². The molecule has 0 amide bonds. The van der Waals surface area contributed by atoms with Crippen molar-refractivity contribution in [3.05, 3.63) is 52.6 Å². The molecule has 7 nitrogen and oxygen atoms in total. The summed E-state index contributed by atoms with van der Waals surface area (Å²) in [5.74, 6) is -2.25. The van der Waals surface area contributed by atoms with E-state index in [-0.39, 0.29) is 65.1 Å². The molecule has 2 aromatic carbocycles. The minimum Gasteiger partial charge on any atom is -0.508 e. The number of phenolic OH excluding ortho intramolecular Hbond substituents is 4. The average molecular weight is 372 g/mol. The van der Waals surface area contributed by atoms with Crippen LogP contribution >= 0.6 is 0 Å². The lowest BCUT2D eigenvalue weighted by Gasteiger charge is -2.26. The van der Waals surface area contributed by atoms with Gasteiger partial charge in [-0.15, -0.1) is 0 Å². The Bertz CT molecular complexity index is 930. The highest BCUT2D eigenvalue weighted by molar-refractivity contribution is 6.07. The Kier molecular flexibility index (Phi) is 4.96. The van der Waals surface area contributed by atoms with Gasteiger partial charge in [0.1, 0.15) is 40.9 Å². The van der Waals surface area contributed by atoms with Crippen molar-refractivity contribution in [2.75, 3.05) is 13.2 Å². The molecule has 27 heavy (non-hydrogen) atoms. The third-order valence-corrected chi connectivity index (χ3v) is 4.61. The normalized spacial score (nSPS) is 16.7. The number of benzene rings is 2.